The molecule has 0 aliphatic rings. The van der Waals surface area contributed by atoms with Crippen molar-refractivity contribution in [1.29, 1.82) is 0 Å². The molecule has 7 heteroatoms. The number of nitrogens with two attached hydrogens (primary N) is 1. The van der Waals surface area contributed by atoms with E-state index in [-0.39, 0.29) is 22.9 Å². The van der Waals surface area contributed by atoms with Gasteiger partial charge >= 0.3 is 0 Å². The Morgan fingerprint density at radius 2 is 2.12 bits per heavy atom. The lowest BCUT2D eigenvalue weighted by Gasteiger charge is -2.10. The van der Waals surface area contributed by atoms with Crippen molar-refractivity contribution >= 4 is 21.6 Å². The molecule has 1 aromatic rings. The van der Waals surface area contributed by atoms with Crippen molar-refractivity contribution in [2.45, 2.75) is 18.2 Å². The zero-order chi connectivity index (χ0) is 13.1. The molecule has 1 aromatic carbocycles. The van der Waals surface area contributed by atoms with Crippen molar-refractivity contribution < 1.29 is 17.9 Å². The molecule has 6 nitrogen and oxygen atoms in total. The first-order valence-corrected chi connectivity index (χ1v) is 6.43. The molecule has 0 radical (unpaired) electrons. The van der Waals surface area contributed by atoms with E-state index in [1.165, 1.54) is 25.3 Å². The number of methoxy groups -OCH3 is 1. The van der Waals surface area contributed by atoms with Gasteiger partial charge in [0.1, 0.15) is 5.75 Å². The third kappa shape index (κ3) is 3.43. The van der Waals surface area contributed by atoms with Crippen molar-refractivity contribution in [2.75, 3.05) is 12.4 Å². The largest absolute Gasteiger partial charge is 0.495 e. The number of benzene rings is 1. The maximum Gasteiger partial charge on any atom is 0.238 e. The van der Waals surface area contributed by atoms with E-state index in [2.05, 4.69) is 5.32 Å². The Hall–Kier alpha value is -1.60. The maximum absolute atomic E-state index is 11.3. The monoisotopic (exact) mass is 258 g/mol. The SMILES string of the molecule is CCC(=O)Nc1cc(S(N)(=O)=O)ccc1OC. The minimum absolute atomic E-state index is 0.0790. The molecular weight excluding hydrogens is 244 g/mol. The number of rotatable bonds is 4. The van der Waals surface area contributed by atoms with Crippen LogP contribution in [0.1, 0.15) is 13.3 Å². The second kappa shape index (κ2) is 5.15. The highest BCUT2D eigenvalue weighted by atomic mass is 32.2. The van der Waals surface area contributed by atoms with Crippen molar-refractivity contribution in [2.24, 2.45) is 5.14 Å². The van der Waals surface area contributed by atoms with Gasteiger partial charge in [0, 0.05) is 6.42 Å². The van der Waals surface area contributed by atoms with Gasteiger partial charge in [-0.1, -0.05) is 6.92 Å². The van der Waals surface area contributed by atoms with Gasteiger partial charge in [-0.25, -0.2) is 13.6 Å². The molecule has 0 atom stereocenters. The van der Waals surface area contributed by atoms with E-state index < -0.39 is 10.0 Å². The third-order valence-corrected chi connectivity index (χ3v) is 3.01. The molecule has 3 N–H and O–H groups in total. The van der Waals surface area contributed by atoms with E-state index in [1.54, 1.807) is 6.92 Å². The first-order chi connectivity index (χ1) is 7.88. The Labute approximate surface area is 99.8 Å². The number of sulfonamides is 1. The van der Waals surface area contributed by atoms with Crippen molar-refractivity contribution in [3.63, 3.8) is 0 Å². The number of hydrogen-bond donors (Lipinski definition) is 2. The van der Waals surface area contributed by atoms with Crippen LogP contribution >= 0.6 is 0 Å². The number of amides is 1. The summed E-state index contributed by atoms with van der Waals surface area (Å²) in [6.07, 6.45) is 0.281. The van der Waals surface area contributed by atoms with E-state index in [4.69, 9.17) is 9.88 Å². The Morgan fingerprint density at radius 3 is 2.59 bits per heavy atom. The summed E-state index contributed by atoms with van der Waals surface area (Å²) in [6, 6.07) is 4.02. The molecule has 0 saturated carbocycles. The highest BCUT2D eigenvalue weighted by Gasteiger charge is 2.13. The number of nitrogens with one attached hydrogen (secondary N) is 1. The van der Waals surface area contributed by atoms with Crippen LogP contribution in [0, 0.1) is 0 Å². The highest BCUT2D eigenvalue weighted by Crippen LogP contribution is 2.27. The number of ether oxygens (including phenoxy) is 1. The number of carbonyl (C=O) groups excluding carboxylic acids is 1. The molecule has 94 valence electrons. The predicted molar refractivity (Wildman–Crippen MR) is 63.3 cm³/mol. The maximum atomic E-state index is 11.3. The van der Waals surface area contributed by atoms with E-state index in [0.29, 0.717) is 5.75 Å². The molecule has 0 saturated heterocycles. The van der Waals surface area contributed by atoms with E-state index in [1.807, 2.05) is 0 Å². The fraction of sp³-hybridized carbons (Fsp3) is 0.300. The molecule has 0 spiro atoms. The van der Waals surface area contributed by atoms with Crippen LogP contribution in [0.3, 0.4) is 0 Å². The Kier molecular flexibility index (Phi) is 4.08. The number of hydrogen-bond acceptors (Lipinski definition) is 4. The van der Waals surface area contributed by atoms with Gasteiger partial charge in [0.05, 0.1) is 17.7 Å². The van der Waals surface area contributed by atoms with Gasteiger partial charge < -0.3 is 10.1 Å². The molecule has 0 aliphatic carbocycles. The second-order valence-corrected chi connectivity index (χ2v) is 4.87. The van der Waals surface area contributed by atoms with Crippen LogP contribution < -0.4 is 15.2 Å². The summed E-state index contributed by atoms with van der Waals surface area (Å²) in [6.45, 7) is 1.69. The van der Waals surface area contributed by atoms with Crippen LogP contribution in [0.15, 0.2) is 23.1 Å². The van der Waals surface area contributed by atoms with E-state index >= 15 is 0 Å². The van der Waals surface area contributed by atoms with Gasteiger partial charge in [-0.15, -0.1) is 0 Å². The van der Waals surface area contributed by atoms with Crippen LogP contribution in [0.5, 0.6) is 5.75 Å². The van der Waals surface area contributed by atoms with Gasteiger partial charge in [-0.2, -0.15) is 0 Å². The Morgan fingerprint density at radius 1 is 1.47 bits per heavy atom. The molecule has 1 amide bonds. The van der Waals surface area contributed by atoms with Crippen LogP contribution in [-0.4, -0.2) is 21.4 Å². The molecule has 0 aliphatic heterocycles. The summed E-state index contributed by atoms with van der Waals surface area (Å²) in [7, 11) is -2.38. The highest BCUT2D eigenvalue weighted by molar-refractivity contribution is 7.89. The number of anilines is 1. The summed E-state index contributed by atoms with van der Waals surface area (Å²) in [5.41, 5.74) is 0.283. The van der Waals surface area contributed by atoms with Gasteiger partial charge in [0.25, 0.3) is 0 Å². The molecule has 0 heterocycles. The van der Waals surface area contributed by atoms with E-state index in [0.717, 1.165) is 0 Å². The van der Waals surface area contributed by atoms with Gasteiger partial charge in [-0.05, 0) is 18.2 Å². The average molecular weight is 258 g/mol. The summed E-state index contributed by atoms with van der Waals surface area (Å²) in [5, 5.41) is 7.54. The number of primary sulfonamides is 1. The molecular formula is C10H14N2O4S. The average Bonchev–Trinajstić information content (AvgIpc) is 2.27. The van der Waals surface area contributed by atoms with Gasteiger partial charge in [-0.3, -0.25) is 4.79 Å². The molecule has 0 aromatic heterocycles. The third-order valence-electron chi connectivity index (χ3n) is 2.09. The summed E-state index contributed by atoms with van der Waals surface area (Å²) in [5.74, 6) is 0.133. The lowest BCUT2D eigenvalue weighted by molar-refractivity contribution is -0.115. The predicted octanol–water partition coefficient (Wildman–Crippen LogP) is 0.691. The minimum Gasteiger partial charge on any atom is -0.495 e. The zero-order valence-electron chi connectivity index (χ0n) is 9.56. The summed E-state index contributed by atoms with van der Waals surface area (Å²) in [4.78, 5) is 11.2. The van der Waals surface area contributed by atoms with Gasteiger partial charge in [0.15, 0.2) is 0 Å². The first kappa shape index (κ1) is 13.5. The molecule has 17 heavy (non-hydrogen) atoms. The van der Waals surface area contributed by atoms with Crippen LogP contribution in [-0.2, 0) is 14.8 Å². The Balaban J connectivity index is 3.20. The zero-order valence-corrected chi connectivity index (χ0v) is 10.4. The van der Waals surface area contributed by atoms with Crippen LogP contribution in [0.2, 0.25) is 0 Å². The van der Waals surface area contributed by atoms with Crippen molar-refractivity contribution in [3.8, 4) is 5.75 Å². The fourth-order valence-electron chi connectivity index (χ4n) is 1.20. The number of carbonyl (C=O) groups is 1. The summed E-state index contributed by atoms with van der Waals surface area (Å²) >= 11 is 0. The fourth-order valence-corrected chi connectivity index (χ4v) is 1.74. The smallest absolute Gasteiger partial charge is 0.238 e. The molecule has 0 fully saturated rings. The molecule has 1 rings (SSSR count). The normalized spacial score (nSPS) is 11.0. The minimum atomic E-state index is -3.80. The summed E-state index contributed by atoms with van der Waals surface area (Å²) < 4.78 is 27.3. The lowest BCUT2D eigenvalue weighted by atomic mass is 10.3. The van der Waals surface area contributed by atoms with Gasteiger partial charge in [0.2, 0.25) is 15.9 Å². The lowest BCUT2D eigenvalue weighted by Crippen LogP contribution is -2.14. The van der Waals surface area contributed by atoms with Crippen molar-refractivity contribution in [1.82, 2.24) is 0 Å². The molecule has 0 unspecified atom stereocenters. The topological polar surface area (TPSA) is 98.5 Å². The van der Waals surface area contributed by atoms with Crippen LogP contribution in [0.25, 0.3) is 0 Å². The quantitative estimate of drug-likeness (QED) is 0.830. The van der Waals surface area contributed by atoms with Crippen molar-refractivity contribution in [3.05, 3.63) is 18.2 Å². The molecule has 0 bridgehead atoms. The van der Waals surface area contributed by atoms with E-state index in [9.17, 15) is 13.2 Å². The Bertz CT molecular complexity index is 525. The first-order valence-electron chi connectivity index (χ1n) is 4.89. The van der Waals surface area contributed by atoms with Crippen LogP contribution in [0.4, 0.5) is 5.69 Å². The second-order valence-electron chi connectivity index (χ2n) is 3.31. The standard InChI is InChI=1S/C10H14N2O4S/c1-3-10(13)12-8-6-7(17(11,14)15)4-5-9(8)16-2/h4-6H,3H2,1-2H3,(H,12,13)(H2,11,14,15).